The van der Waals surface area contributed by atoms with Crippen molar-refractivity contribution in [1.82, 2.24) is 10.4 Å². The van der Waals surface area contributed by atoms with Crippen LogP contribution in [0, 0.1) is 0 Å². The van der Waals surface area contributed by atoms with E-state index in [0.717, 1.165) is 19.7 Å². The molecule has 1 aliphatic heterocycles. The van der Waals surface area contributed by atoms with Gasteiger partial charge in [-0.3, -0.25) is 5.43 Å². The molecule has 18 heavy (non-hydrogen) atoms. The predicted molar refractivity (Wildman–Crippen MR) is 74.5 cm³/mol. The van der Waals surface area contributed by atoms with E-state index in [1.807, 2.05) is 0 Å². The molecular weight excluding hydrogens is 224 g/mol. The summed E-state index contributed by atoms with van der Waals surface area (Å²) in [4.78, 5) is 0. The van der Waals surface area contributed by atoms with E-state index in [-0.39, 0.29) is 0 Å². The molecule has 100 valence electrons. The molecule has 3 nitrogen and oxygen atoms in total. The molecule has 1 aromatic rings. The van der Waals surface area contributed by atoms with Crippen LogP contribution in [0.2, 0.25) is 0 Å². The van der Waals surface area contributed by atoms with E-state index in [2.05, 4.69) is 47.7 Å². The Labute approximate surface area is 110 Å². The molecule has 3 heteroatoms. The summed E-state index contributed by atoms with van der Waals surface area (Å²) in [5, 5.41) is 2.35. The van der Waals surface area contributed by atoms with E-state index in [9.17, 15) is 0 Å². The van der Waals surface area contributed by atoms with Gasteiger partial charge in [0.1, 0.15) is 0 Å². The first-order valence-electron chi connectivity index (χ1n) is 6.85. The number of nitrogens with one attached hydrogen (secondary N) is 1. The molecule has 1 saturated heterocycles. The molecule has 0 unspecified atom stereocenters. The van der Waals surface area contributed by atoms with Crippen LogP contribution in [0.15, 0.2) is 30.3 Å². The van der Waals surface area contributed by atoms with E-state index >= 15 is 0 Å². The van der Waals surface area contributed by atoms with Gasteiger partial charge in [-0.05, 0) is 24.3 Å². The summed E-state index contributed by atoms with van der Waals surface area (Å²) < 4.78 is 5.27. The molecule has 1 aromatic carbocycles. The monoisotopic (exact) mass is 248 g/mol. The van der Waals surface area contributed by atoms with Gasteiger partial charge >= 0.3 is 0 Å². The van der Waals surface area contributed by atoms with Crippen LogP contribution in [-0.2, 0) is 4.74 Å². The van der Waals surface area contributed by atoms with Crippen LogP contribution in [0.3, 0.4) is 0 Å². The normalized spacial score (nSPS) is 22.2. The van der Waals surface area contributed by atoms with Gasteiger partial charge in [-0.25, -0.2) is 5.01 Å². The molecule has 1 N–H and O–H groups in total. The lowest BCUT2D eigenvalue weighted by Gasteiger charge is -2.26. The van der Waals surface area contributed by atoms with E-state index < -0.39 is 0 Å². The second-order valence-electron chi connectivity index (χ2n) is 5.12. The second kappa shape index (κ2) is 6.88. The van der Waals surface area contributed by atoms with E-state index in [0.29, 0.717) is 12.0 Å². The highest BCUT2D eigenvalue weighted by atomic mass is 16.5. The van der Waals surface area contributed by atoms with Crippen molar-refractivity contribution in [3.8, 4) is 0 Å². The third kappa shape index (κ3) is 3.55. The maximum absolute atomic E-state index is 5.27. The zero-order valence-corrected chi connectivity index (χ0v) is 11.4. The lowest BCUT2D eigenvalue weighted by atomic mass is 10.0. The highest BCUT2D eigenvalue weighted by Crippen LogP contribution is 2.17. The summed E-state index contributed by atoms with van der Waals surface area (Å²) in [6, 6.07) is 11.2. The van der Waals surface area contributed by atoms with Crippen LogP contribution < -0.4 is 5.43 Å². The minimum absolute atomic E-state index is 0.537. The summed E-state index contributed by atoms with van der Waals surface area (Å²) in [5.41, 5.74) is 4.96. The Morgan fingerprint density at radius 3 is 2.89 bits per heavy atom. The molecule has 0 aliphatic carbocycles. The predicted octanol–water partition coefficient (Wildman–Crippen LogP) is 2.41. The van der Waals surface area contributed by atoms with Crippen LogP contribution >= 0.6 is 0 Å². The summed E-state index contributed by atoms with van der Waals surface area (Å²) >= 11 is 0. The fourth-order valence-electron chi connectivity index (χ4n) is 2.56. The van der Waals surface area contributed by atoms with Crippen molar-refractivity contribution < 1.29 is 4.74 Å². The van der Waals surface area contributed by atoms with Crippen molar-refractivity contribution in [3.63, 3.8) is 0 Å². The van der Waals surface area contributed by atoms with Crippen molar-refractivity contribution in [2.75, 3.05) is 26.8 Å². The van der Waals surface area contributed by atoms with E-state index in [1.165, 1.54) is 18.4 Å². The number of hydrogen-bond acceptors (Lipinski definition) is 3. The Morgan fingerprint density at radius 1 is 1.39 bits per heavy atom. The fourth-order valence-corrected chi connectivity index (χ4v) is 2.56. The smallest absolute Gasteiger partial charge is 0.0632 e. The molecule has 0 amide bonds. The number of ether oxygens (including phenoxy) is 1. The van der Waals surface area contributed by atoms with Crippen LogP contribution in [0.5, 0.6) is 0 Å². The fraction of sp³-hybridized carbons (Fsp3) is 0.600. The van der Waals surface area contributed by atoms with Gasteiger partial charge in [0, 0.05) is 26.2 Å². The average molecular weight is 248 g/mol. The van der Waals surface area contributed by atoms with Crippen LogP contribution in [-0.4, -0.2) is 37.9 Å². The van der Waals surface area contributed by atoms with Crippen molar-refractivity contribution in [3.05, 3.63) is 35.9 Å². The maximum Gasteiger partial charge on any atom is 0.0632 e. The van der Waals surface area contributed by atoms with Gasteiger partial charge in [0.2, 0.25) is 0 Å². The zero-order chi connectivity index (χ0) is 12.8. The van der Waals surface area contributed by atoms with E-state index in [4.69, 9.17) is 4.74 Å². The Hall–Kier alpha value is -0.900. The SMILES string of the molecule is COC[C@@H]1CCCN1NC[C@H](C)c1ccccc1. The zero-order valence-electron chi connectivity index (χ0n) is 11.4. The van der Waals surface area contributed by atoms with Gasteiger partial charge in [-0.2, -0.15) is 0 Å². The number of rotatable bonds is 6. The summed E-state index contributed by atoms with van der Waals surface area (Å²) in [6.45, 7) is 5.22. The Kier molecular flexibility index (Phi) is 5.17. The molecule has 0 bridgehead atoms. The largest absolute Gasteiger partial charge is 0.383 e. The quantitative estimate of drug-likeness (QED) is 0.836. The lowest BCUT2D eigenvalue weighted by Crippen LogP contribution is -2.45. The molecular formula is C15H24N2O. The highest BCUT2D eigenvalue weighted by molar-refractivity contribution is 5.18. The third-order valence-corrected chi connectivity index (χ3v) is 3.71. The van der Waals surface area contributed by atoms with Crippen LogP contribution in [0.4, 0.5) is 0 Å². The van der Waals surface area contributed by atoms with Crippen LogP contribution in [0.25, 0.3) is 0 Å². The van der Waals surface area contributed by atoms with Gasteiger partial charge in [0.15, 0.2) is 0 Å². The minimum Gasteiger partial charge on any atom is -0.383 e. The number of hydrogen-bond donors (Lipinski definition) is 1. The van der Waals surface area contributed by atoms with Crippen molar-refractivity contribution in [2.24, 2.45) is 0 Å². The van der Waals surface area contributed by atoms with Gasteiger partial charge in [-0.1, -0.05) is 37.3 Å². The van der Waals surface area contributed by atoms with Crippen molar-refractivity contribution in [2.45, 2.75) is 31.7 Å². The summed E-state index contributed by atoms with van der Waals surface area (Å²) in [7, 11) is 1.78. The average Bonchev–Trinajstić information content (AvgIpc) is 2.85. The number of methoxy groups -OCH3 is 1. The van der Waals surface area contributed by atoms with Gasteiger partial charge < -0.3 is 4.74 Å². The summed E-state index contributed by atoms with van der Waals surface area (Å²) in [5.74, 6) is 0.537. The molecule has 2 rings (SSSR count). The molecule has 2 atom stereocenters. The molecule has 1 heterocycles. The van der Waals surface area contributed by atoms with Crippen molar-refractivity contribution in [1.29, 1.82) is 0 Å². The second-order valence-corrected chi connectivity index (χ2v) is 5.12. The third-order valence-electron chi connectivity index (χ3n) is 3.71. The standard InChI is InChI=1S/C15H24N2O/c1-13(14-7-4-3-5-8-14)11-16-17-10-6-9-15(17)12-18-2/h3-5,7-8,13,15-16H,6,9-12H2,1-2H3/t13-,15-/m0/s1. The molecule has 1 fully saturated rings. The molecule has 0 spiro atoms. The van der Waals surface area contributed by atoms with Gasteiger partial charge in [0.25, 0.3) is 0 Å². The van der Waals surface area contributed by atoms with Crippen LogP contribution in [0.1, 0.15) is 31.2 Å². The van der Waals surface area contributed by atoms with Gasteiger partial charge in [0.05, 0.1) is 6.61 Å². The first-order chi connectivity index (χ1) is 8.81. The topological polar surface area (TPSA) is 24.5 Å². The number of nitrogens with zero attached hydrogens (tertiary/aromatic N) is 1. The molecule has 0 aromatic heterocycles. The molecule has 1 aliphatic rings. The minimum atomic E-state index is 0.537. The Morgan fingerprint density at radius 2 is 2.17 bits per heavy atom. The maximum atomic E-state index is 5.27. The van der Waals surface area contributed by atoms with Gasteiger partial charge in [-0.15, -0.1) is 0 Å². The Bertz CT molecular complexity index is 342. The highest BCUT2D eigenvalue weighted by Gasteiger charge is 2.24. The van der Waals surface area contributed by atoms with Crippen molar-refractivity contribution >= 4 is 0 Å². The van der Waals surface area contributed by atoms with E-state index in [1.54, 1.807) is 7.11 Å². The lowest BCUT2D eigenvalue weighted by molar-refractivity contribution is 0.0824. The molecule has 0 saturated carbocycles. The first-order valence-corrected chi connectivity index (χ1v) is 6.85. The summed E-state index contributed by atoms with van der Waals surface area (Å²) in [6.07, 6.45) is 2.50. The molecule has 0 radical (unpaired) electrons. The first kappa shape index (κ1) is 13.5. The Balaban J connectivity index is 1.80. The number of benzene rings is 1. The number of hydrazine groups is 1.